The molecule has 2 aliphatic heterocycles. The van der Waals surface area contributed by atoms with E-state index >= 15 is 0 Å². The highest BCUT2D eigenvalue weighted by molar-refractivity contribution is 5.78. The highest BCUT2D eigenvalue weighted by Gasteiger charge is 2.44. The quantitative estimate of drug-likeness (QED) is 0.797. The fraction of sp³-hybridized carbons (Fsp3) is 0.455. The number of hydrogen-bond acceptors (Lipinski definition) is 4. The Morgan fingerprint density at radius 3 is 2.64 bits per heavy atom. The third kappa shape index (κ3) is 3.93. The number of ether oxygens (including phenoxy) is 1. The van der Waals surface area contributed by atoms with Crippen LogP contribution in [0.4, 0.5) is 4.39 Å². The molecule has 0 unspecified atom stereocenters. The van der Waals surface area contributed by atoms with Crippen LogP contribution in [0.1, 0.15) is 30.0 Å². The molecule has 1 amide bonds. The Hall–Kier alpha value is -2.31. The van der Waals surface area contributed by atoms with Gasteiger partial charge in [-0.3, -0.25) is 14.7 Å². The molecule has 3 heterocycles. The predicted molar refractivity (Wildman–Crippen MR) is 104 cm³/mol. The normalized spacial score (nSPS) is 23.4. The van der Waals surface area contributed by atoms with Gasteiger partial charge in [0.15, 0.2) is 0 Å². The van der Waals surface area contributed by atoms with E-state index < -0.39 is 0 Å². The maximum Gasteiger partial charge on any atom is 0.226 e. The summed E-state index contributed by atoms with van der Waals surface area (Å²) in [6.45, 7) is 2.41. The van der Waals surface area contributed by atoms with Crippen LogP contribution < -0.4 is 0 Å². The zero-order chi connectivity index (χ0) is 19.5. The standard InChI is InChI=1S/C22H26FN3O2/c1-28-20-15-26(22(20)17-5-9-24-10-6-17)19-7-11-25(12-8-19)21(27)14-16-3-2-4-18(23)13-16/h2-6,9-10,13,19-20,22H,7-8,11-12,14-15H2,1H3/t20-,22-/m0/s1. The summed E-state index contributed by atoms with van der Waals surface area (Å²) in [4.78, 5) is 21.1. The van der Waals surface area contributed by atoms with Crippen molar-refractivity contribution in [3.8, 4) is 0 Å². The fourth-order valence-corrected chi connectivity index (χ4v) is 4.42. The highest BCUT2D eigenvalue weighted by Crippen LogP contribution is 2.39. The van der Waals surface area contributed by atoms with Crippen LogP contribution in [0, 0.1) is 5.82 Å². The maximum absolute atomic E-state index is 13.3. The molecule has 0 aliphatic carbocycles. The van der Waals surface area contributed by atoms with E-state index in [0.717, 1.165) is 38.0 Å². The number of methoxy groups -OCH3 is 1. The first-order valence-electron chi connectivity index (χ1n) is 9.86. The van der Waals surface area contributed by atoms with Gasteiger partial charge >= 0.3 is 0 Å². The Balaban J connectivity index is 1.34. The second kappa shape index (κ2) is 8.37. The van der Waals surface area contributed by atoms with Gasteiger partial charge in [0.25, 0.3) is 0 Å². The zero-order valence-electron chi connectivity index (χ0n) is 16.1. The fourth-order valence-electron chi connectivity index (χ4n) is 4.42. The van der Waals surface area contributed by atoms with E-state index in [9.17, 15) is 9.18 Å². The molecule has 0 bridgehead atoms. The van der Waals surface area contributed by atoms with E-state index in [2.05, 4.69) is 22.0 Å². The number of nitrogens with zero attached hydrogens (tertiary/aromatic N) is 3. The summed E-state index contributed by atoms with van der Waals surface area (Å²) in [6.07, 6.45) is 6.02. The molecule has 1 aromatic heterocycles. The Morgan fingerprint density at radius 2 is 1.96 bits per heavy atom. The van der Waals surface area contributed by atoms with Crippen LogP contribution >= 0.6 is 0 Å². The van der Waals surface area contributed by atoms with Crippen LogP contribution in [0.5, 0.6) is 0 Å². The van der Waals surface area contributed by atoms with Crippen LogP contribution in [-0.4, -0.2) is 59.6 Å². The highest BCUT2D eigenvalue weighted by atomic mass is 19.1. The molecule has 2 aromatic rings. The van der Waals surface area contributed by atoms with Crippen LogP contribution in [0.15, 0.2) is 48.8 Å². The number of halogens is 1. The summed E-state index contributed by atoms with van der Waals surface area (Å²) in [6, 6.07) is 11.1. The average molecular weight is 383 g/mol. The zero-order valence-corrected chi connectivity index (χ0v) is 16.1. The van der Waals surface area contributed by atoms with Gasteiger partial charge in [0.2, 0.25) is 5.91 Å². The molecule has 0 saturated carbocycles. The minimum absolute atomic E-state index is 0.0770. The monoisotopic (exact) mass is 383 g/mol. The number of pyridine rings is 1. The molecule has 148 valence electrons. The molecule has 5 nitrogen and oxygen atoms in total. The lowest BCUT2D eigenvalue weighted by Crippen LogP contribution is -2.60. The summed E-state index contributed by atoms with van der Waals surface area (Å²) < 4.78 is 19.0. The lowest BCUT2D eigenvalue weighted by Gasteiger charge is -2.53. The lowest BCUT2D eigenvalue weighted by molar-refractivity contribution is -0.137. The van der Waals surface area contributed by atoms with Crippen molar-refractivity contribution in [2.45, 2.75) is 37.5 Å². The van der Waals surface area contributed by atoms with E-state index in [4.69, 9.17) is 4.74 Å². The Kier molecular flexibility index (Phi) is 5.69. The van der Waals surface area contributed by atoms with Gasteiger partial charge in [-0.15, -0.1) is 0 Å². The number of benzene rings is 1. The molecule has 0 spiro atoms. The number of carbonyl (C=O) groups is 1. The molecular weight excluding hydrogens is 357 g/mol. The number of piperidine rings is 1. The number of amides is 1. The SMILES string of the molecule is CO[C@H]1CN(C2CCN(C(=O)Cc3cccc(F)c3)CC2)[C@H]1c1ccncc1. The number of likely N-dealkylation sites (tertiary alicyclic amines) is 2. The molecule has 2 atom stereocenters. The molecule has 4 rings (SSSR count). The molecule has 28 heavy (non-hydrogen) atoms. The summed E-state index contributed by atoms with van der Waals surface area (Å²) in [5, 5.41) is 0. The summed E-state index contributed by atoms with van der Waals surface area (Å²) >= 11 is 0. The van der Waals surface area contributed by atoms with E-state index in [-0.39, 0.29) is 30.3 Å². The second-order valence-electron chi connectivity index (χ2n) is 7.61. The van der Waals surface area contributed by atoms with Crippen molar-refractivity contribution < 1.29 is 13.9 Å². The average Bonchev–Trinajstić information content (AvgIpc) is 2.69. The number of aromatic nitrogens is 1. The van der Waals surface area contributed by atoms with Gasteiger partial charge in [-0.2, -0.15) is 0 Å². The Morgan fingerprint density at radius 1 is 1.21 bits per heavy atom. The largest absolute Gasteiger partial charge is 0.378 e. The third-order valence-corrected chi connectivity index (χ3v) is 5.98. The minimum Gasteiger partial charge on any atom is -0.378 e. The van der Waals surface area contributed by atoms with Crippen molar-refractivity contribution in [2.24, 2.45) is 0 Å². The lowest BCUT2D eigenvalue weighted by atomic mass is 9.87. The van der Waals surface area contributed by atoms with Crippen LogP contribution in [-0.2, 0) is 16.0 Å². The Bertz CT molecular complexity index is 808. The molecule has 0 radical (unpaired) electrons. The van der Waals surface area contributed by atoms with E-state index in [1.165, 1.54) is 17.7 Å². The first-order chi connectivity index (χ1) is 13.7. The van der Waals surface area contributed by atoms with E-state index in [1.807, 2.05) is 17.3 Å². The van der Waals surface area contributed by atoms with Crippen molar-refractivity contribution in [3.63, 3.8) is 0 Å². The van der Waals surface area contributed by atoms with Crippen molar-refractivity contribution in [1.82, 2.24) is 14.8 Å². The first-order valence-corrected chi connectivity index (χ1v) is 9.86. The third-order valence-electron chi connectivity index (χ3n) is 5.98. The maximum atomic E-state index is 13.3. The molecule has 0 N–H and O–H groups in total. The Labute approximate surface area is 165 Å². The van der Waals surface area contributed by atoms with Gasteiger partial charge < -0.3 is 9.64 Å². The van der Waals surface area contributed by atoms with E-state index in [1.54, 1.807) is 19.2 Å². The molecule has 2 aliphatic rings. The predicted octanol–water partition coefficient (Wildman–Crippen LogP) is 2.83. The number of hydrogen-bond donors (Lipinski definition) is 0. The molecular formula is C22H26FN3O2. The van der Waals surface area contributed by atoms with Crippen LogP contribution in [0.3, 0.4) is 0 Å². The first kappa shape index (κ1) is 19.0. The molecule has 6 heteroatoms. The van der Waals surface area contributed by atoms with Crippen molar-refractivity contribution >= 4 is 5.91 Å². The molecule has 1 aromatic carbocycles. The van der Waals surface area contributed by atoms with Gasteiger partial charge in [0, 0.05) is 45.2 Å². The van der Waals surface area contributed by atoms with Gasteiger partial charge in [0.1, 0.15) is 5.82 Å². The number of rotatable bonds is 5. The smallest absolute Gasteiger partial charge is 0.226 e. The van der Waals surface area contributed by atoms with Gasteiger partial charge in [0.05, 0.1) is 18.6 Å². The van der Waals surface area contributed by atoms with Crippen LogP contribution in [0.25, 0.3) is 0 Å². The van der Waals surface area contributed by atoms with Gasteiger partial charge in [-0.05, 0) is 48.2 Å². The van der Waals surface area contributed by atoms with Crippen LogP contribution in [0.2, 0.25) is 0 Å². The van der Waals surface area contributed by atoms with Gasteiger partial charge in [-0.25, -0.2) is 4.39 Å². The summed E-state index contributed by atoms with van der Waals surface area (Å²) in [5.74, 6) is -0.218. The van der Waals surface area contributed by atoms with Crippen molar-refractivity contribution in [3.05, 3.63) is 65.7 Å². The van der Waals surface area contributed by atoms with Crippen molar-refractivity contribution in [1.29, 1.82) is 0 Å². The van der Waals surface area contributed by atoms with E-state index in [0.29, 0.717) is 6.04 Å². The second-order valence-corrected chi connectivity index (χ2v) is 7.61. The summed E-state index contributed by atoms with van der Waals surface area (Å²) in [7, 11) is 1.77. The molecule has 2 saturated heterocycles. The minimum atomic E-state index is -0.295. The van der Waals surface area contributed by atoms with Gasteiger partial charge in [-0.1, -0.05) is 12.1 Å². The molecule has 2 fully saturated rings. The van der Waals surface area contributed by atoms with Crippen molar-refractivity contribution in [2.75, 3.05) is 26.7 Å². The number of carbonyl (C=O) groups excluding carboxylic acids is 1. The topological polar surface area (TPSA) is 45.7 Å². The summed E-state index contributed by atoms with van der Waals surface area (Å²) in [5.41, 5.74) is 1.97.